The van der Waals surface area contributed by atoms with E-state index in [0.29, 0.717) is 31.7 Å². The van der Waals surface area contributed by atoms with Crippen molar-refractivity contribution < 1.29 is 13.2 Å². The molecule has 0 unspecified atom stereocenters. The lowest BCUT2D eigenvalue weighted by Gasteiger charge is -2.35. The fourth-order valence-corrected chi connectivity index (χ4v) is 5.99. The van der Waals surface area contributed by atoms with Gasteiger partial charge in [-0.05, 0) is 44.9 Å². The molecule has 2 aliphatic rings. The maximum absolute atomic E-state index is 13.1. The number of aromatic nitrogens is 2. The highest BCUT2D eigenvalue weighted by molar-refractivity contribution is 7.89. The Kier molecular flexibility index (Phi) is 6.18. The van der Waals surface area contributed by atoms with E-state index in [-0.39, 0.29) is 10.8 Å². The van der Waals surface area contributed by atoms with E-state index in [1.807, 2.05) is 23.6 Å². The van der Waals surface area contributed by atoms with Gasteiger partial charge in [0.05, 0.1) is 10.6 Å². The van der Waals surface area contributed by atoms with Gasteiger partial charge in [-0.25, -0.2) is 8.42 Å². The molecule has 1 aromatic heterocycles. The van der Waals surface area contributed by atoms with Crippen LogP contribution in [-0.2, 0) is 23.6 Å². The van der Waals surface area contributed by atoms with E-state index in [2.05, 4.69) is 16.9 Å². The van der Waals surface area contributed by atoms with Crippen molar-refractivity contribution in [2.75, 3.05) is 39.3 Å². The van der Waals surface area contributed by atoms with E-state index < -0.39 is 10.0 Å². The highest BCUT2D eigenvalue weighted by atomic mass is 32.2. The Balaban J connectivity index is 1.41. The minimum atomic E-state index is -3.53. The van der Waals surface area contributed by atoms with Gasteiger partial charge in [0.1, 0.15) is 0 Å². The molecule has 9 heteroatoms. The Bertz CT molecular complexity index is 1060. The molecule has 2 aromatic rings. The van der Waals surface area contributed by atoms with E-state index in [1.54, 1.807) is 18.2 Å². The van der Waals surface area contributed by atoms with Crippen LogP contribution in [-0.4, -0.2) is 77.5 Å². The van der Waals surface area contributed by atoms with E-state index in [1.165, 1.54) is 21.6 Å². The molecule has 3 heterocycles. The van der Waals surface area contributed by atoms with Gasteiger partial charge < -0.3 is 4.90 Å². The van der Waals surface area contributed by atoms with Crippen LogP contribution in [0.15, 0.2) is 29.2 Å². The van der Waals surface area contributed by atoms with Crippen molar-refractivity contribution >= 4 is 15.9 Å². The molecule has 0 aliphatic carbocycles. The Morgan fingerprint density at radius 3 is 2.32 bits per heavy atom. The predicted octanol–water partition coefficient (Wildman–Crippen LogP) is 1.78. The zero-order valence-corrected chi connectivity index (χ0v) is 19.4. The monoisotopic (exact) mass is 445 g/mol. The molecule has 0 saturated carbocycles. The molecule has 0 atom stereocenters. The summed E-state index contributed by atoms with van der Waals surface area (Å²) in [6, 6.07) is 6.49. The standard InChI is InChI=1S/C22H31N5O3S/c1-17-21(18(2)24(3)23-17)16-25-11-13-26(14-12-25)22(28)19-7-6-8-20(15-19)31(29,30)27-9-4-5-10-27/h6-8,15H,4-5,9-14,16H2,1-3H3. The smallest absolute Gasteiger partial charge is 0.253 e. The number of sulfonamides is 1. The van der Waals surface area contributed by atoms with Gasteiger partial charge in [-0.3, -0.25) is 14.4 Å². The van der Waals surface area contributed by atoms with E-state index >= 15 is 0 Å². The molecule has 0 spiro atoms. The Labute approximate surface area is 184 Å². The minimum absolute atomic E-state index is 0.105. The predicted molar refractivity (Wildman–Crippen MR) is 118 cm³/mol. The number of rotatable bonds is 5. The van der Waals surface area contributed by atoms with E-state index in [9.17, 15) is 13.2 Å². The fraction of sp³-hybridized carbons (Fsp3) is 0.545. The number of piperazine rings is 1. The summed E-state index contributed by atoms with van der Waals surface area (Å²) in [7, 11) is -1.57. The summed E-state index contributed by atoms with van der Waals surface area (Å²) in [6.07, 6.45) is 1.78. The normalized spacial score (nSPS) is 18.6. The van der Waals surface area contributed by atoms with Crippen molar-refractivity contribution in [3.63, 3.8) is 0 Å². The van der Waals surface area contributed by atoms with Crippen molar-refractivity contribution in [3.05, 3.63) is 46.8 Å². The topological polar surface area (TPSA) is 78.8 Å². The number of carbonyl (C=O) groups excluding carboxylic acids is 1. The summed E-state index contributed by atoms with van der Waals surface area (Å²) in [4.78, 5) is 17.4. The summed E-state index contributed by atoms with van der Waals surface area (Å²) >= 11 is 0. The second-order valence-corrected chi connectivity index (χ2v) is 10.4. The molecule has 1 aromatic carbocycles. The van der Waals surface area contributed by atoms with E-state index in [4.69, 9.17) is 0 Å². The van der Waals surface area contributed by atoms with E-state index in [0.717, 1.165) is 38.2 Å². The lowest BCUT2D eigenvalue weighted by molar-refractivity contribution is 0.0627. The third-order valence-corrected chi connectivity index (χ3v) is 8.38. The van der Waals surface area contributed by atoms with Crippen molar-refractivity contribution in [2.45, 2.75) is 38.1 Å². The lowest BCUT2D eigenvalue weighted by atomic mass is 10.1. The van der Waals surface area contributed by atoms with Crippen LogP contribution in [0.4, 0.5) is 0 Å². The third-order valence-electron chi connectivity index (χ3n) is 6.48. The van der Waals surface area contributed by atoms with Gasteiger partial charge in [-0.1, -0.05) is 6.07 Å². The molecule has 0 radical (unpaired) electrons. The summed E-state index contributed by atoms with van der Waals surface area (Å²) in [5, 5.41) is 4.49. The zero-order chi connectivity index (χ0) is 22.2. The van der Waals surface area contributed by atoms with Crippen molar-refractivity contribution in [2.24, 2.45) is 7.05 Å². The van der Waals surface area contributed by atoms with Crippen molar-refractivity contribution in [1.82, 2.24) is 23.9 Å². The summed E-state index contributed by atoms with van der Waals surface area (Å²) in [5.41, 5.74) is 3.91. The van der Waals surface area contributed by atoms with Gasteiger partial charge in [-0.2, -0.15) is 9.40 Å². The molecule has 168 valence electrons. The van der Waals surface area contributed by atoms with Crippen LogP contribution in [0.1, 0.15) is 40.2 Å². The number of nitrogens with zero attached hydrogens (tertiary/aromatic N) is 5. The van der Waals surface area contributed by atoms with Crippen LogP contribution in [0.3, 0.4) is 0 Å². The van der Waals surface area contributed by atoms with Gasteiger partial charge in [0.15, 0.2) is 0 Å². The van der Waals surface area contributed by atoms with Gasteiger partial charge in [0.2, 0.25) is 10.0 Å². The van der Waals surface area contributed by atoms with Crippen LogP contribution in [0.25, 0.3) is 0 Å². The number of carbonyl (C=O) groups is 1. The number of hydrogen-bond acceptors (Lipinski definition) is 5. The van der Waals surface area contributed by atoms with Gasteiger partial charge in [0, 0.05) is 69.7 Å². The second kappa shape index (κ2) is 8.72. The molecule has 0 bridgehead atoms. The summed E-state index contributed by atoms with van der Waals surface area (Å²) in [6.45, 7) is 8.87. The van der Waals surface area contributed by atoms with Gasteiger partial charge in [0.25, 0.3) is 5.91 Å². The molecule has 4 rings (SSSR count). The molecule has 2 aliphatic heterocycles. The summed E-state index contributed by atoms with van der Waals surface area (Å²) < 4.78 is 29.1. The minimum Gasteiger partial charge on any atom is -0.336 e. The molecule has 1 amide bonds. The molecule has 0 N–H and O–H groups in total. The molecule has 2 saturated heterocycles. The first-order valence-electron chi connectivity index (χ1n) is 10.9. The SMILES string of the molecule is Cc1nn(C)c(C)c1CN1CCN(C(=O)c2cccc(S(=O)(=O)N3CCCC3)c2)CC1. The molecular formula is C22H31N5O3S. The average Bonchev–Trinajstić information content (AvgIpc) is 3.39. The average molecular weight is 446 g/mol. The van der Waals surface area contributed by atoms with Gasteiger partial charge >= 0.3 is 0 Å². The second-order valence-electron chi connectivity index (χ2n) is 8.48. The highest BCUT2D eigenvalue weighted by Crippen LogP contribution is 2.22. The number of benzene rings is 1. The fourth-order valence-electron chi connectivity index (χ4n) is 4.43. The molecule has 2 fully saturated rings. The van der Waals surface area contributed by atoms with Crippen molar-refractivity contribution in [3.8, 4) is 0 Å². The molecule has 31 heavy (non-hydrogen) atoms. The third kappa shape index (κ3) is 4.40. The first-order valence-corrected chi connectivity index (χ1v) is 12.3. The molecular weight excluding hydrogens is 414 g/mol. The number of hydrogen-bond donors (Lipinski definition) is 0. The first kappa shape index (κ1) is 22.0. The van der Waals surface area contributed by atoms with Gasteiger partial charge in [-0.15, -0.1) is 0 Å². The van der Waals surface area contributed by atoms with Crippen LogP contribution < -0.4 is 0 Å². The quantitative estimate of drug-likeness (QED) is 0.701. The Morgan fingerprint density at radius 2 is 1.71 bits per heavy atom. The Hall–Kier alpha value is -2.23. The van der Waals surface area contributed by atoms with Crippen LogP contribution in [0.5, 0.6) is 0 Å². The maximum atomic E-state index is 13.1. The van der Waals surface area contributed by atoms with Crippen LogP contribution >= 0.6 is 0 Å². The summed E-state index contributed by atoms with van der Waals surface area (Å²) in [5.74, 6) is -0.105. The van der Waals surface area contributed by atoms with Crippen molar-refractivity contribution in [1.29, 1.82) is 0 Å². The first-order chi connectivity index (χ1) is 14.8. The zero-order valence-electron chi connectivity index (χ0n) is 18.5. The Morgan fingerprint density at radius 1 is 1.03 bits per heavy atom. The number of amides is 1. The van der Waals surface area contributed by atoms with Crippen LogP contribution in [0, 0.1) is 13.8 Å². The maximum Gasteiger partial charge on any atom is 0.253 e. The van der Waals surface area contributed by atoms with Crippen LogP contribution in [0.2, 0.25) is 0 Å². The molecule has 8 nitrogen and oxygen atoms in total. The highest BCUT2D eigenvalue weighted by Gasteiger charge is 2.29. The lowest BCUT2D eigenvalue weighted by Crippen LogP contribution is -2.48. The number of aryl methyl sites for hydroxylation is 2. The largest absolute Gasteiger partial charge is 0.336 e.